The summed E-state index contributed by atoms with van der Waals surface area (Å²) in [5, 5.41) is 18.0. The Bertz CT molecular complexity index is 877. The van der Waals surface area contributed by atoms with Crippen molar-refractivity contribution in [2.24, 2.45) is 5.73 Å². The van der Waals surface area contributed by atoms with Crippen LogP contribution >= 0.6 is 0 Å². The molecule has 0 unspecified atom stereocenters. The Hall–Kier alpha value is -3.21. The molecule has 0 saturated carbocycles. The third kappa shape index (κ3) is 5.14. The molecule has 4 N–H and O–H groups in total. The van der Waals surface area contributed by atoms with Crippen LogP contribution in [0.4, 0.5) is 0 Å². The maximum atomic E-state index is 11.2. The van der Waals surface area contributed by atoms with Crippen LogP contribution in [0.2, 0.25) is 0 Å². The Morgan fingerprint density at radius 2 is 2.15 bits per heavy atom. The predicted octanol–water partition coefficient (Wildman–Crippen LogP) is 0.530. The molecule has 7 heteroatoms. The number of primary amides is 1. The second-order valence-electron chi connectivity index (χ2n) is 6.06. The average molecular weight is 367 g/mol. The fourth-order valence-corrected chi connectivity index (χ4v) is 2.52. The minimum Gasteiger partial charge on any atom is -0.392 e. The Kier molecular flexibility index (Phi) is 6.66. The lowest BCUT2D eigenvalue weighted by atomic mass is 10.1. The molecule has 1 aromatic heterocycles. The third-order valence-corrected chi connectivity index (χ3v) is 4.04. The van der Waals surface area contributed by atoms with Crippen molar-refractivity contribution in [2.75, 3.05) is 13.6 Å². The Morgan fingerprint density at radius 1 is 1.41 bits per heavy atom. The van der Waals surface area contributed by atoms with Gasteiger partial charge in [-0.25, -0.2) is 4.98 Å². The number of hydrogen-bond acceptors (Lipinski definition) is 5. The number of carbonyl (C=O) groups excluding carboxylic acids is 2. The highest BCUT2D eigenvalue weighted by molar-refractivity contribution is 5.91. The number of amides is 2. The maximum absolute atomic E-state index is 11.2. The summed E-state index contributed by atoms with van der Waals surface area (Å²) in [6.07, 6.45) is 5.22. The molecular formula is C20H21N3O4. The number of nitrogens with two attached hydrogens (primary N) is 1. The molecule has 140 valence electrons. The highest BCUT2D eigenvalue weighted by Crippen LogP contribution is 2.20. The van der Waals surface area contributed by atoms with E-state index in [9.17, 15) is 14.7 Å². The van der Waals surface area contributed by atoms with Crippen molar-refractivity contribution < 1.29 is 19.8 Å². The number of carbonyl (C=O) groups is 2. The molecule has 0 bridgehead atoms. The summed E-state index contributed by atoms with van der Waals surface area (Å²) in [5.74, 6) is 1.75. The molecule has 7 nitrogen and oxygen atoms in total. The zero-order chi connectivity index (χ0) is 20.0. The van der Waals surface area contributed by atoms with Crippen molar-refractivity contribution in [3.05, 3.63) is 53.2 Å². The quantitative estimate of drug-likeness (QED) is 0.684. The highest BCUT2D eigenvalue weighted by Gasteiger charge is 2.25. The van der Waals surface area contributed by atoms with E-state index in [1.807, 2.05) is 12.1 Å². The van der Waals surface area contributed by atoms with E-state index in [-0.39, 0.29) is 18.2 Å². The fraction of sp³-hybridized carbons (Fsp3) is 0.250. The first-order valence-corrected chi connectivity index (χ1v) is 8.27. The van der Waals surface area contributed by atoms with Gasteiger partial charge in [-0.3, -0.25) is 9.59 Å². The summed E-state index contributed by atoms with van der Waals surface area (Å²) in [6, 6.07) is 10.4. The summed E-state index contributed by atoms with van der Waals surface area (Å²) in [5.41, 5.74) is 7.96. The average Bonchev–Trinajstić information content (AvgIpc) is 2.99. The van der Waals surface area contributed by atoms with Gasteiger partial charge in [-0.05, 0) is 36.2 Å². The van der Waals surface area contributed by atoms with Crippen molar-refractivity contribution in [2.45, 2.75) is 19.1 Å². The number of hydrogen-bond donors (Lipinski definition) is 3. The van der Waals surface area contributed by atoms with Gasteiger partial charge in [-0.1, -0.05) is 18.1 Å². The van der Waals surface area contributed by atoms with Crippen molar-refractivity contribution in [3.8, 4) is 23.6 Å². The van der Waals surface area contributed by atoms with Crippen molar-refractivity contribution >= 4 is 11.8 Å². The minimum absolute atomic E-state index is 0.118. The lowest BCUT2D eigenvalue weighted by Crippen LogP contribution is -2.24. The fourth-order valence-electron chi connectivity index (χ4n) is 2.52. The van der Waals surface area contributed by atoms with Gasteiger partial charge >= 0.3 is 0 Å². The molecule has 1 atom stereocenters. The van der Waals surface area contributed by atoms with E-state index >= 15 is 0 Å². The van der Waals surface area contributed by atoms with Crippen LogP contribution in [0.25, 0.3) is 11.3 Å². The SMILES string of the molecule is C#Cc1cccc(-c2cc(CO)cc(C(N)=O)n2)c1.CN1CC[C@H](O)C1=O. The van der Waals surface area contributed by atoms with Crippen molar-refractivity contribution in [1.82, 2.24) is 9.88 Å². The third-order valence-electron chi connectivity index (χ3n) is 4.04. The van der Waals surface area contributed by atoms with Gasteiger partial charge in [-0.2, -0.15) is 0 Å². The van der Waals surface area contributed by atoms with Crippen LogP contribution in [-0.2, 0) is 11.4 Å². The van der Waals surface area contributed by atoms with Gasteiger partial charge in [-0.15, -0.1) is 6.42 Å². The molecule has 0 aliphatic carbocycles. The summed E-state index contributed by atoms with van der Waals surface area (Å²) < 4.78 is 0. The van der Waals surface area contributed by atoms with E-state index in [0.717, 1.165) is 5.56 Å². The maximum Gasteiger partial charge on any atom is 0.267 e. The summed E-state index contributed by atoms with van der Waals surface area (Å²) in [7, 11) is 1.69. The van der Waals surface area contributed by atoms with Crippen LogP contribution in [0.1, 0.15) is 28.0 Å². The first-order chi connectivity index (χ1) is 12.8. The molecule has 27 heavy (non-hydrogen) atoms. The summed E-state index contributed by atoms with van der Waals surface area (Å²) >= 11 is 0. The minimum atomic E-state index is -0.722. The number of nitrogens with zero attached hydrogens (tertiary/aromatic N) is 2. The molecule has 1 aliphatic heterocycles. The van der Waals surface area contributed by atoms with Crippen molar-refractivity contribution in [1.29, 1.82) is 0 Å². The number of pyridine rings is 1. The van der Waals surface area contributed by atoms with E-state index in [4.69, 9.17) is 17.3 Å². The zero-order valence-corrected chi connectivity index (χ0v) is 14.9. The van der Waals surface area contributed by atoms with Crippen LogP contribution in [0.5, 0.6) is 0 Å². The Labute approximate surface area is 157 Å². The van der Waals surface area contributed by atoms with Crippen LogP contribution in [0.3, 0.4) is 0 Å². The van der Waals surface area contributed by atoms with E-state index in [0.29, 0.717) is 29.8 Å². The Balaban J connectivity index is 0.000000273. The smallest absolute Gasteiger partial charge is 0.267 e. The number of aliphatic hydroxyl groups is 2. The number of likely N-dealkylation sites (tertiary alicyclic amines) is 1. The monoisotopic (exact) mass is 367 g/mol. The van der Waals surface area contributed by atoms with E-state index in [2.05, 4.69) is 10.9 Å². The second-order valence-corrected chi connectivity index (χ2v) is 6.06. The number of aromatic nitrogens is 1. The predicted molar refractivity (Wildman–Crippen MR) is 100 cm³/mol. The normalized spacial score (nSPS) is 15.7. The number of aliphatic hydroxyl groups excluding tert-OH is 2. The van der Waals surface area contributed by atoms with Crippen LogP contribution < -0.4 is 5.73 Å². The van der Waals surface area contributed by atoms with Crippen LogP contribution in [0.15, 0.2) is 36.4 Å². The number of rotatable bonds is 3. The van der Waals surface area contributed by atoms with Gasteiger partial charge in [0.1, 0.15) is 11.8 Å². The summed E-state index contributed by atoms with van der Waals surface area (Å²) in [4.78, 5) is 27.5. The standard InChI is InChI=1S/C15H12N2O2.C5H9NO2/c1-2-10-4-3-5-12(6-10)13-7-11(9-18)8-14(17-13)15(16)19;1-6-3-2-4(7)5(6)8/h1,3-8,18H,9H2,(H2,16,19);4,7H,2-3H2,1H3/t;4-/m.0/s1. The van der Waals surface area contributed by atoms with Crippen LogP contribution in [-0.4, -0.2) is 51.6 Å². The lowest BCUT2D eigenvalue weighted by Gasteiger charge is -2.06. The number of terminal acetylenes is 1. The topological polar surface area (TPSA) is 117 Å². The molecule has 1 fully saturated rings. The largest absolute Gasteiger partial charge is 0.392 e. The molecule has 0 radical (unpaired) electrons. The van der Waals surface area contributed by atoms with Crippen LogP contribution in [0, 0.1) is 12.3 Å². The highest BCUT2D eigenvalue weighted by atomic mass is 16.3. The molecule has 3 rings (SSSR count). The molecule has 2 heterocycles. The molecule has 2 amide bonds. The summed E-state index contributed by atoms with van der Waals surface area (Å²) in [6.45, 7) is 0.505. The lowest BCUT2D eigenvalue weighted by molar-refractivity contribution is -0.133. The first-order valence-electron chi connectivity index (χ1n) is 8.27. The van der Waals surface area contributed by atoms with E-state index < -0.39 is 12.0 Å². The Morgan fingerprint density at radius 3 is 2.63 bits per heavy atom. The molecule has 1 saturated heterocycles. The number of benzene rings is 1. The van der Waals surface area contributed by atoms with Gasteiger partial charge in [0.15, 0.2) is 0 Å². The van der Waals surface area contributed by atoms with E-state index in [1.165, 1.54) is 11.0 Å². The second kappa shape index (κ2) is 8.94. The number of likely N-dealkylation sites (N-methyl/N-ethyl adjacent to an activating group) is 1. The van der Waals surface area contributed by atoms with E-state index in [1.54, 1.807) is 25.2 Å². The molecule has 1 aliphatic rings. The molecule has 0 spiro atoms. The van der Waals surface area contributed by atoms with Crippen molar-refractivity contribution in [3.63, 3.8) is 0 Å². The van der Waals surface area contributed by atoms with Gasteiger partial charge < -0.3 is 20.8 Å². The molecule has 2 aromatic rings. The molecular weight excluding hydrogens is 346 g/mol. The zero-order valence-electron chi connectivity index (χ0n) is 14.9. The van der Waals surface area contributed by atoms with Gasteiger partial charge in [0, 0.05) is 24.7 Å². The first kappa shape index (κ1) is 20.1. The molecule has 1 aromatic carbocycles. The van der Waals surface area contributed by atoms with Gasteiger partial charge in [0.2, 0.25) is 0 Å². The van der Waals surface area contributed by atoms with Gasteiger partial charge in [0.25, 0.3) is 11.8 Å². The van der Waals surface area contributed by atoms with Gasteiger partial charge in [0.05, 0.1) is 12.3 Å².